The molecule has 188 valence electrons. The zero-order valence-electron chi connectivity index (χ0n) is 19.6. The number of fused-ring (bicyclic) bond motifs is 1. The number of nitrogens with zero attached hydrogens (tertiary/aromatic N) is 4. The fourth-order valence-electron chi connectivity index (χ4n) is 3.76. The molecule has 13 heteroatoms. The zero-order chi connectivity index (χ0) is 25.5. The van der Waals surface area contributed by atoms with E-state index in [9.17, 15) is 17.6 Å². The van der Waals surface area contributed by atoms with E-state index in [1.807, 2.05) is 29.2 Å². The molecule has 1 aromatic carbocycles. The van der Waals surface area contributed by atoms with Gasteiger partial charge in [0.15, 0.2) is 38.6 Å². The van der Waals surface area contributed by atoms with Gasteiger partial charge < -0.3 is 25.6 Å². The molecule has 4 heterocycles. The lowest BCUT2D eigenvalue weighted by Crippen LogP contribution is -2.46. The Morgan fingerprint density at radius 3 is 2.50 bits per heavy atom. The van der Waals surface area contributed by atoms with Crippen molar-refractivity contribution in [1.29, 1.82) is 0 Å². The van der Waals surface area contributed by atoms with E-state index in [0.29, 0.717) is 24.5 Å². The number of pyridine rings is 1. The van der Waals surface area contributed by atoms with Crippen molar-refractivity contribution < 1.29 is 22.3 Å². The number of hydrogen-bond acceptors (Lipinski definition) is 10. The number of anilines is 6. The number of amides is 1. The van der Waals surface area contributed by atoms with Gasteiger partial charge in [-0.3, -0.25) is 4.79 Å². The quantitative estimate of drug-likeness (QED) is 0.467. The fraction of sp³-hybridized carbons (Fsp3) is 0.304. The van der Waals surface area contributed by atoms with Crippen molar-refractivity contribution in [2.45, 2.75) is 19.4 Å². The van der Waals surface area contributed by atoms with Gasteiger partial charge in [-0.25, -0.2) is 22.8 Å². The Bertz CT molecular complexity index is 1420. The summed E-state index contributed by atoms with van der Waals surface area (Å²) in [4.78, 5) is 26.6. The van der Waals surface area contributed by atoms with Crippen LogP contribution >= 0.6 is 0 Å². The maximum absolute atomic E-state index is 14.4. The van der Waals surface area contributed by atoms with Crippen LogP contribution in [0.3, 0.4) is 0 Å². The molecule has 0 bridgehead atoms. The second-order valence-corrected chi connectivity index (χ2v) is 11.2. The first-order chi connectivity index (χ1) is 17.1. The highest BCUT2D eigenvalue weighted by Gasteiger charge is 2.36. The van der Waals surface area contributed by atoms with Crippen LogP contribution in [-0.2, 0) is 14.6 Å². The predicted molar refractivity (Wildman–Crippen MR) is 133 cm³/mol. The SMILES string of the molecule is CC1(C)Oc2ccc(Nc3nc(Nc4ccc(N5CCS(=O)(=O)CC5)cc4)ncc3F)nc2NC1=O. The number of carbonyl (C=O) groups excluding carboxylic acids is 1. The van der Waals surface area contributed by atoms with Crippen LogP contribution in [0.25, 0.3) is 0 Å². The molecule has 0 aliphatic carbocycles. The molecule has 0 atom stereocenters. The first-order valence-electron chi connectivity index (χ1n) is 11.2. The van der Waals surface area contributed by atoms with E-state index in [1.165, 1.54) is 0 Å². The van der Waals surface area contributed by atoms with Gasteiger partial charge >= 0.3 is 0 Å². The van der Waals surface area contributed by atoms with Crippen LogP contribution in [0.1, 0.15) is 13.8 Å². The van der Waals surface area contributed by atoms with Crippen LogP contribution in [0.15, 0.2) is 42.6 Å². The highest BCUT2D eigenvalue weighted by molar-refractivity contribution is 7.91. The summed E-state index contributed by atoms with van der Waals surface area (Å²) in [5, 5.41) is 8.51. The van der Waals surface area contributed by atoms with E-state index in [-0.39, 0.29) is 40.8 Å². The number of benzene rings is 1. The lowest BCUT2D eigenvalue weighted by atomic mass is 10.1. The molecule has 0 unspecified atom stereocenters. The summed E-state index contributed by atoms with van der Waals surface area (Å²) in [6, 6.07) is 10.6. The topological polar surface area (TPSA) is 138 Å². The molecule has 1 saturated heterocycles. The van der Waals surface area contributed by atoms with Gasteiger partial charge in [-0.15, -0.1) is 0 Å². The van der Waals surface area contributed by atoms with E-state index in [2.05, 4.69) is 30.9 Å². The van der Waals surface area contributed by atoms with Gasteiger partial charge in [-0.1, -0.05) is 0 Å². The van der Waals surface area contributed by atoms with Crippen LogP contribution in [0.2, 0.25) is 0 Å². The van der Waals surface area contributed by atoms with Gasteiger partial charge in [0.1, 0.15) is 5.82 Å². The zero-order valence-corrected chi connectivity index (χ0v) is 20.4. The summed E-state index contributed by atoms with van der Waals surface area (Å²) in [6.07, 6.45) is 1.03. The molecular formula is C23H24FN7O4S. The molecule has 1 amide bonds. The van der Waals surface area contributed by atoms with Crippen LogP contribution in [0.4, 0.5) is 39.2 Å². The highest BCUT2D eigenvalue weighted by Crippen LogP contribution is 2.33. The molecule has 5 rings (SSSR count). The molecule has 1 fully saturated rings. The van der Waals surface area contributed by atoms with E-state index in [4.69, 9.17) is 4.74 Å². The van der Waals surface area contributed by atoms with Gasteiger partial charge in [0.2, 0.25) is 5.95 Å². The highest BCUT2D eigenvalue weighted by atomic mass is 32.2. The van der Waals surface area contributed by atoms with Crippen LogP contribution in [-0.4, -0.2) is 59.5 Å². The molecule has 3 N–H and O–H groups in total. The van der Waals surface area contributed by atoms with Crippen LogP contribution in [0.5, 0.6) is 5.75 Å². The largest absolute Gasteiger partial charge is 0.474 e. The third-order valence-electron chi connectivity index (χ3n) is 5.83. The molecule has 0 saturated carbocycles. The van der Waals surface area contributed by atoms with E-state index < -0.39 is 21.3 Å². The summed E-state index contributed by atoms with van der Waals surface area (Å²) in [5.74, 6) is 0.211. The molecule has 11 nitrogen and oxygen atoms in total. The van der Waals surface area contributed by atoms with Gasteiger partial charge in [0.25, 0.3) is 5.91 Å². The Morgan fingerprint density at radius 1 is 1.06 bits per heavy atom. The molecule has 0 radical (unpaired) electrons. The Kier molecular flexibility index (Phi) is 5.86. The second kappa shape index (κ2) is 8.90. The predicted octanol–water partition coefficient (Wildman–Crippen LogP) is 2.84. The van der Waals surface area contributed by atoms with E-state index in [0.717, 1.165) is 11.9 Å². The smallest absolute Gasteiger partial charge is 0.269 e. The third kappa shape index (κ3) is 5.00. The molecule has 3 aromatic rings. The van der Waals surface area contributed by atoms with Crippen molar-refractivity contribution in [3.8, 4) is 5.75 Å². The monoisotopic (exact) mass is 513 g/mol. The van der Waals surface area contributed by atoms with Gasteiger partial charge in [-0.05, 0) is 50.2 Å². The second-order valence-electron chi connectivity index (χ2n) is 8.94. The molecule has 2 aromatic heterocycles. The van der Waals surface area contributed by atoms with Crippen LogP contribution < -0.4 is 25.6 Å². The van der Waals surface area contributed by atoms with Crippen molar-refractivity contribution in [3.63, 3.8) is 0 Å². The standard InChI is InChI=1S/C23H24FN7O4S/c1-23(2)21(32)29-20-17(35-23)7-8-18(28-20)27-19-16(24)13-25-22(30-19)26-14-3-5-15(6-4-14)31-9-11-36(33,34)12-10-31/h3-8,13H,9-12H2,1-2H3,(H3,25,26,27,28,29,30,32). The number of rotatable bonds is 5. The summed E-state index contributed by atoms with van der Waals surface area (Å²) >= 11 is 0. The number of aromatic nitrogens is 3. The van der Waals surface area contributed by atoms with Crippen molar-refractivity contribution in [2.75, 3.05) is 45.4 Å². The van der Waals surface area contributed by atoms with Crippen molar-refractivity contribution in [2.24, 2.45) is 0 Å². The number of ether oxygens (including phenoxy) is 1. The van der Waals surface area contributed by atoms with Crippen LogP contribution in [0, 0.1) is 5.82 Å². The van der Waals surface area contributed by atoms with Crippen molar-refractivity contribution in [3.05, 3.63) is 48.4 Å². The minimum Gasteiger partial charge on any atom is -0.474 e. The molecule has 36 heavy (non-hydrogen) atoms. The van der Waals surface area contributed by atoms with E-state index in [1.54, 1.807) is 26.0 Å². The molecular weight excluding hydrogens is 489 g/mol. The van der Waals surface area contributed by atoms with Gasteiger partial charge in [0.05, 0.1) is 17.7 Å². The maximum atomic E-state index is 14.4. The Morgan fingerprint density at radius 2 is 1.78 bits per heavy atom. The van der Waals surface area contributed by atoms with Crippen molar-refractivity contribution >= 4 is 50.5 Å². The number of carbonyl (C=O) groups is 1. The fourth-order valence-corrected chi connectivity index (χ4v) is 4.96. The average Bonchev–Trinajstić information content (AvgIpc) is 2.83. The number of sulfone groups is 1. The Balaban J connectivity index is 1.28. The number of hydrogen-bond donors (Lipinski definition) is 3. The first kappa shape index (κ1) is 23.7. The molecule has 2 aliphatic heterocycles. The summed E-state index contributed by atoms with van der Waals surface area (Å²) < 4.78 is 43.4. The maximum Gasteiger partial charge on any atom is 0.269 e. The normalized spacial score (nSPS) is 18.0. The lowest BCUT2D eigenvalue weighted by Gasteiger charge is -2.30. The average molecular weight is 514 g/mol. The lowest BCUT2D eigenvalue weighted by molar-refractivity contribution is -0.129. The minimum atomic E-state index is -2.95. The number of nitrogens with one attached hydrogen (secondary N) is 3. The summed E-state index contributed by atoms with van der Waals surface area (Å²) in [6.45, 7) is 4.21. The van der Waals surface area contributed by atoms with Gasteiger partial charge in [-0.2, -0.15) is 4.98 Å². The van der Waals surface area contributed by atoms with Crippen molar-refractivity contribution in [1.82, 2.24) is 15.0 Å². The Labute approximate surface area is 207 Å². The number of halogens is 1. The Hall–Kier alpha value is -4.00. The minimum absolute atomic E-state index is 0.102. The first-order valence-corrected chi connectivity index (χ1v) is 13.0. The van der Waals surface area contributed by atoms with E-state index >= 15 is 0 Å². The summed E-state index contributed by atoms with van der Waals surface area (Å²) in [7, 11) is -2.95. The summed E-state index contributed by atoms with van der Waals surface area (Å²) in [5.41, 5.74) is 0.571. The third-order valence-corrected chi connectivity index (χ3v) is 7.43. The molecule has 2 aliphatic rings. The van der Waals surface area contributed by atoms with Gasteiger partial charge in [0, 0.05) is 24.5 Å². The molecule has 0 spiro atoms.